The molecule has 0 unspecified atom stereocenters. The molecule has 26 heavy (non-hydrogen) atoms. The van der Waals surface area contributed by atoms with Crippen LogP contribution in [0.1, 0.15) is 22.2 Å². The highest BCUT2D eigenvalue weighted by Gasteiger charge is 2.17. The number of carbonyl (C=O) groups excluding carboxylic acids is 1. The van der Waals surface area contributed by atoms with E-state index in [-0.39, 0.29) is 11.5 Å². The third-order valence-corrected chi connectivity index (χ3v) is 6.53. The highest BCUT2D eigenvalue weighted by molar-refractivity contribution is 8.01. The standard InChI is InChI=1S/C16H13N5O2S3/c1-3-24-16-20-19-15(26-16)18-12(22)10-7-9-13(25-10)17-11-8(2)5-4-6-21(11)14(9)23/h4-7H,3H2,1-2H3,(H,18,19,22). The molecule has 7 nitrogen and oxygen atoms in total. The summed E-state index contributed by atoms with van der Waals surface area (Å²) in [6, 6.07) is 5.29. The van der Waals surface area contributed by atoms with E-state index in [1.807, 2.05) is 19.9 Å². The molecule has 10 heteroatoms. The van der Waals surface area contributed by atoms with Crippen LogP contribution in [-0.2, 0) is 0 Å². The number of aryl methyl sites for hydroxylation is 1. The molecule has 0 radical (unpaired) electrons. The van der Waals surface area contributed by atoms with E-state index in [0.29, 0.717) is 25.9 Å². The van der Waals surface area contributed by atoms with Crippen molar-refractivity contribution in [1.82, 2.24) is 19.6 Å². The summed E-state index contributed by atoms with van der Waals surface area (Å²) in [5, 5.41) is 11.6. The molecular weight excluding hydrogens is 390 g/mol. The largest absolute Gasteiger partial charge is 0.296 e. The van der Waals surface area contributed by atoms with E-state index in [1.54, 1.807) is 30.1 Å². The average molecular weight is 404 g/mol. The number of anilines is 1. The van der Waals surface area contributed by atoms with Crippen molar-refractivity contribution in [3.63, 3.8) is 0 Å². The first-order chi connectivity index (χ1) is 12.6. The molecule has 0 bridgehead atoms. The number of aromatic nitrogens is 4. The van der Waals surface area contributed by atoms with Gasteiger partial charge in [-0.2, -0.15) is 0 Å². The lowest BCUT2D eigenvalue weighted by Gasteiger charge is -2.02. The number of carbonyl (C=O) groups is 1. The normalized spacial score (nSPS) is 11.3. The van der Waals surface area contributed by atoms with Gasteiger partial charge in [0.05, 0.1) is 10.3 Å². The van der Waals surface area contributed by atoms with Crippen LogP contribution in [0, 0.1) is 6.92 Å². The van der Waals surface area contributed by atoms with E-state index >= 15 is 0 Å². The number of thioether (sulfide) groups is 1. The second-order valence-corrected chi connectivity index (χ2v) is 8.91. The number of rotatable bonds is 4. The zero-order valence-electron chi connectivity index (χ0n) is 13.8. The molecule has 0 aromatic carbocycles. The Kier molecular flexibility index (Phi) is 4.47. The third kappa shape index (κ3) is 3.00. The minimum atomic E-state index is -0.317. The van der Waals surface area contributed by atoms with Crippen LogP contribution in [0.15, 0.2) is 33.5 Å². The number of nitrogens with zero attached hydrogens (tertiary/aromatic N) is 4. The van der Waals surface area contributed by atoms with Gasteiger partial charge >= 0.3 is 0 Å². The summed E-state index contributed by atoms with van der Waals surface area (Å²) in [5.74, 6) is 0.573. The quantitative estimate of drug-likeness (QED) is 0.415. The van der Waals surface area contributed by atoms with Crippen molar-refractivity contribution in [3.8, 4) is 0 Å². The highest BCUT2D eigenvalue weighted by Crippen LogP contribution is 2.27. The third-order valence-electron chi connectivity index (χ3n) is 3.65. The average Bonchev–Trinajstić information content (AvgIpc) is 3.24. The van der Waals surface area contributed by atoms with Crippen LogP contribution in [0.2, 0.25) is 0 Å². The first-order valence-electron chi connectivity index (χ1n) is 7.76. The molecule has 0 spiro atoms. The maximum Gasteiger partial charge on any atom is 0.267 e. The predicted molar refractivity (Wildman–Crippen MR) is 106 cm³/mol. The van der Waals surface area contributed by atoms with Gasteiger partial charge < -0.3 is 0 Å². The Morgan fingerprint density at radius 3 is 3.00 bits per heavy atom. The lowest BCUT2D eigenvalue weighted by molar-refractivity contribution is 0.103. The van der Waals surface area contributed by atoms with Crippen molar-refractivity contribution in [2.45, 2.75) is 18.2 Å². The van der Waals surface area contributed by atoms with Gasteiger partial charge in [-0.3, -0.25) is 19.3 Å². The number of fused-ring (bicyclic) bond motifs is 2. The van der Waals surface area contributed by atoms with Crippen molar-refractivity contribution >= 4 is 61.3 Å². The van der Waals surface area contributed by atoms with Crippen molar-refractivity contribution < 1.29 is 4.79 Å². The summed E-state index contributed by atoms with van der Waals surface area (Å²) in [7, 11) is 0. The number of pyridine rings is 1. The second kappa shape index (κ2) is 6.78. The van der Waals surface area contributed by atoms with Crippen LogP contribution >= 0.6 is 34.4 Å². The summed E-state index contributed by atoms with van der Waals surface area (Å²) in [5.41, 5.74) is 1.33. The van der Waals surface area contributed by atoms with E-state index in [9.17, 15) is 9.59 Å². The van der Waals surface area contributed by atoms with Gasteiger partial charge in [-0.25, -0.2) is 4.98 Å². The molecule has 0 aliphatic rings. The molecule has 0 saturated heterocycles. The summed E-state index contributed by atoms with van der Waals surface area (Å²) >= 11 is 4.09. The van der Waals surface area contributed by atoms with Crippen molar-refractivity contribution in [2.24, 2.45) is 0 Å². The van der Waals surface area contributed by atoms with Crippen LogP contribution in [0.5, 0.6) is 0 Å². The number of amides is 1. The zero-order valence-corrected chi connectivity index (χ0v) is 16.3. The SMILES string of the molecule is CCSc1nnc(NC(=O)c2cc3c(=O)n4cccc(C)c4nc3s2)s1. The van der Waals surface area contributed by atoms with Crippen LogP contribution < -0.4 is 10.9 Å². The topological polar surface area (TPSA) is 89.2 Å². The Bertz CT molecular complexity index is 1190. The van der Waals surface area contributed by atoms with Gasteiger partial charge in [0, 0.05) is 6.20 Å². The molecule has 0 atom stereocenters. The van der Waals surface area contributed by atoms with E-state index in [2.05, 4.69) is 20.5 Å². The maximum atomic E-state index is 12.7. The van der Waals surface area contributed by atoms with Gasteiger partial charge in [0.15, 0.2) is 4.34 Å². The van der Waals surface area contributed by atoms with Gasteiger partial charge in [0.1, 0.15) is 10.5 Å². The maximum absolute atomic E-state index is 12.7. The smallest absolute Gasteiger partial charge is 0.267 e. The van der Waals surface area contributed by atoms with E-state index in [0.717, 1.165) is 15.7 Å². The molecular formula is C16H13N5O2S3. The van der Waals surface area contributed by atoms with E-state index in [1.165, 1.54) is 27.1 Å². The molecule has 0 aliphatic heterocycles. The summed E-state index contributed by atoms with van der Waals surface area (Å²) in [6.45, 7) is 3.93. The number of hydrogen-bond acceptors (Lipinski definition) is 8. The highest BCUT2D eigenvalue weighted by atomic mass is 32.2. The van der Waals surface area contributed by atoms with Gasteiger partial charge in [0.25, 0.3) is 11.5 Å². The van der Waals surface area contributed by atoms with Crippen molar-refractivity contribution in [2.75, 3.05) is 11.1 Å². The van der Waals surface area contributed by atoms with Gasteiger partial charge in [0.2, 0.25) is 5.13 Å². The van der Waals surface area contributed by atoms with Gasteiger partial charge in [-0.15, -0.1) is 21.5 Å². The Morgan fingerprint density at radius 1 is 1.35 bits per heavy atom. The summed E-state index contributed by atoms with van der Waals surface area (Å²) in [6.07, 6.45) is 1.68. The lowest BCUT2D eigenvalue weighted by Crippen LogP contribution is -2.14. The molecule has 1 amide bonds. The van der Waals surface area contributed by atoms with E-state index in [4.69, 9.17) is 0 Å². The van der Waals surface area contributed by atoms with Crippen molar-refractivity contribution in [3.05, 3.63) is 45.2 Å². The molecule has 4 aromatic heterocycles. The molecule has 0 fully saturated rings. The fraction of sp³-hybridized carbons (Fsp3) is 0.188. The number of hydrogen-bond donors (Lipinski definition) is 1. The molecule has 4 rings (SSSR count). The van der Waals surface area contributed by atoms with Crippen LogP contribution in [0.3, 0.4) is 0 Å². The molecule has 0 aliphatic carbocycles. The Labute approximate surface area is 160 Å². The van der Waals surface area contributed by atoms with Gasteiger partial charge in [-0.05, 0) is 30.4 Å². The molecule has 0 saturated carbocycles. The molecule has 1 N–H and O–H groups in total. The monoisotopic (exact) mass is 403 g/mol. The minimum Gasteiger partial charge on any atom is -0.296 e. The first kappa shape index (κ1) is 17.1. The summed E-state index contributed by atoms with van der Waals surface area (Å²) < 4.78 is 2.31. The first-order valence-corrected chi connectivity index (χ1v) is 10.4. The van der Waals surface area contributed by atoms with E-state index < -0.39 is 0 Å². The fourth-order valence-electron chi connectivity index (χ4n) is 2.47. The lowest BCUT2D eigenvalue weighted by atomic mass is 10.3. The molecule has 4 heterocycles. The van der Waals surface area contributed by atoms with Crippen molar-refractivity contribution in [1.29, 1.82) is 0 Å². The summed E-state index contributed by atoms with van der Waals surface area (Å²) in [4.78, 5) is 30.7. The molecule has 132 valence electrons. The minimum absolute atomic E-state index is 0.179. The number of thiophene rings is 1. The molecule has 4 aromatic rings. The fourth-order valence-corrected chi connectivity index (χ4v) is 5.03. The zero-order chi connectivity index (χ0) is 18.3. The Balaban J connectivity index is 1.71. The van der Waals surface area contributed by atoms with Crippen LogP contribution in [-0.4, -0.2) is 31.2 Å². The number of nitrogens with one attached hydrogen (secondary N) is 1. The van der Waals surface area contributed by atoms with Gasteiger partial charge in [-0.1, -0.05) is 36.1 Å². The Hall–Kier alpha value is -2.30. The predicted octanol–water partition coefficient (Wildman–Crippen LogP) is 3.43. The van der Waals surface area contributed by atoms with Crippen LogP contribution in [0.25, 0.3) is 15.9 Å². The second-order valence-electron chi connectivity index (χ2n) is 5.39. The Morgan fingerprint density at radius 2 is 2.19 bits per heavy atom. The van der Waals surface area contributed by atoms with Crippen LogP contribution in [0.4, 0.5) is 5.13 Å².